The average molecular weight is 486 g/mol. The molecule has 2 aromatic carbocycles. The number of nitrogens with zero attached hydrogens (tertiary/aromatic N) is 2. The Kier molecular flexibility index (Phi) is 8.49. The van der Waals surface area contributed by atoms with Gasteiger partial charge in [0, 0.05) is 41.8 Å². The van der Waals surface area contributed by atoms with Gasteiger partial charge in [-0.05, 0) is 54.1 Å². The monoisotopic (exact) mass is 485 g/mol. The number of anilines is 1. The zero-order valence-corrected chi connectivity index (χ0v) is 20.4. The Balaban J connectivity index is 1.75. The molecule has 0 spiro atoms. The van der Waals surface area contributed by atoms with Crippen molar-refractivity contribution in [3.63, 3.8) is 0 Å². The van der Waals surface area contributed by atoms with Gasteiger partial charge in [0.15, 0.2) is 0 Å². The highest BCUT2D eigenvalue weighted by Crippen LogP contribution is 2.27. The van der Waals surface area contributed by atoms with E-state index >= 15 is 0 Å². The van der Waals surface area contributed by atoms with Crippen molar-refractivity contribution in [1.82, 2.24) is 9.29 Å². The number of hydrogen-bond acceptors (Lipinski definition) is 6. The molecule has 174 valence electrons. The van der Waals surface area contributed by atoms with Crippen molar-refractivity contribution in [2.24, 2.45) is 0 Å². The number of thioether (sulfide) groups is 1. The lowest BCUT2D eigenvalue weighted by molar-refractivity contribution is 0.102. The molecule has 0 radical (unpaired) electrons. The van der Waals surface area contributed by atoms with E-state index in [1.807, 2.05) is 42.6 Å². The third-order valence-electron chi connectivity index (χ3n) is 5.00. The molecule has 0 fully saturated rings. The van der Waals surface area contributed by atoms with Crippen LogP contribution >= 0.6 is 11.8 Å². The summed E-state index contributed by atoms with van der Waals surface area (Å²) in [7, 11) is -2.26. The van der Waals surface area contributed by atoms with Crippen molar-refractivity contribution in [1.29, 1.82) is 0 Å². The number of carbonyl (C=O) groups excluding carboxylic acids is 1. The van der Waals surface area contributed by atoms with E-state index in [0.29, 0.717) is 24.5 Å². The second-order valence-corrected chi connectivity index (χ2v) is 10.1. The minimum absolute atomic E-state index is 0.0549. The molecule has 0 unspecified atom stereocenters. The summed E-state index contributed by atoms with van der Waals surface area (Å²) in [6.45, 7) is 4.24. The molecule has 0 atom stereocenters. The maximum atomic E-state index is 13.0. The molecular weight excluding hydrogens is 458 g/mol. The second-order valence-electron chi connectivity index (χ2n) is 7.08. The number of hydrogen-bond donors (Lipinski definition) is 1. The average Bonchev–Trinajstić information content (AvgIpc) is 2.84. The minimum atomic E-state index is -3.70. The Morgan fingerprint density at radius 1 is 1.09 bits per heavy atom. The number of pyridine rings is 1. The topological polar surface area (TPSA) is 88.6 Å². The summed E-state index contributed by atoms with van der Waals surface area (Å²) in [5, 5.41) is 2.82. The maximum absolute atomic E-state index is 13.0. The number of rotatable bonds is 10. The van der Waals surface area contributed by atoms with Gasteiger partial charge >= 0.3 is 0 Å². The van der Waals surface area contributed by atoms with Gasteiger partial charge in [-0.15, -0.1) is 11.8 Å². The summed E-state index contributed by atoms with van der Waals surface area (Å²) >= 11 is 1.67. The summed E-state index contributed by atoms with van der Waals surface area (Å²) in [6.07, 6.45) is 3.58. The lowest BCUT2D eigenvalue weighted by Crippen LogP contribution is -2.30. The van der Waals surface area contributed by atoms with Gasteiger partial charge in [-0.1, -0.05) is 19.9 Å². The highest BCUT2D eigenvalue weighted by Gasteiger charge is 2.24. The first-order valence-electron chi connectivity index (χ1n) is 10.5. The molecular formula is C24H27N3O4S2. The number of carbonyl (C=O) groups is 1. The number of amides is 1. The van der Waals surface area contributed by atoms with Crippen molar-refractivity contribution in [2.45, 2.75) is 29.4 Å². The van der Waals surface area contributed by atoms with Gasteiger partial charge in [-0.25, -0.2) is 8.42 Å². The number of sulfonamides is 1. The lowest BCUT2D eigenvalue weighted by atomic mass is 10.2. The number of aromatic nitrogens is 1. The van der Waals surface area contributed by atoms with Crippen molar-refractivity contribution in [2.75, 3.05) is 25.5 Å². The smallest absolute Gasteiger partial charge is 0.259 e. The van der Waals surface area contributed by atoms with Gasteiger partial charge < -0.3 is 10.1 Å². The van der Waals surface area contributed by atoms with E-state index < -0.39 is 15.9 Å². The summed E-state index contributed by atoms with van der Waals surface area (Å²) < 4.78 is 32.4. The lowest BCUT2D eigenvalue weighted by Gasteiger charge is -2.19. The maximum Gasteiger partial charge on any atom is 0.259 e. The molecule has 1 heterocycles. The number of methoxy groups -OCH3 is 1. The molecule has 7 nitrogen and oxygen atoms in total. The Labute approximate surface area is 199 Å². The van der Waals surface area contributed by atoms with E-state index in [2.05, 4.69) is 10.3 Å². The van der Waals surface area contributed by atoms with Crippen LogP contribution in [0.1, 0.15) is 29.8 Å². The molecule has 0 saturated carbocycles. The van der Waals surface area contributed by atoms with Gasteiger partial charge in [0.05, 0.1) is 17.6 Å². The van der Waals surface area contributed by atoms with Crippen molar-refractivity contribution in [3.8, 4) is 5.75 Å². The van der Waals surface area contributed by atoms with Crippen LogP contribution in [0.5, 0.6) is 5.75 Å². The quantitative estimate of drug-likeness (QED) is 0.420. The molecule has 0 aliphatic carbocycles. The summed E-state index contributed by atoms with van der Waals surface area (Å²) in [5.41, 5.74) is 1.89. The molecule has 1 amide bonds. The molecule has 33 heavy (non-hydrogen) atoms. The molecule has 0 aliphatic rings. The van der Waals surface area contributed by atoms with Crippen LogP contribution in [0, 0.1) is 0 Å². The van der Waals surface area contributed by atoms with Gasteiger partial charge in [0.2, 0.25) is 10.0 Å². The molecule has 0 aliphatic heterocycles. The second kappa shape index (κ2) is 11.3. The largest absolute Gasteiger partial charge is 0.496 e. The van der Waals surface area contributed by atoms with Crippen LogP contribution < -0.4 is 10.1 Å². The minimum Gasteiger partial charge on any atom is -0.496 e. The van der Waals surface area contributed by atoms with Crippen LogP contribution in [-0.4, -0.2) is 43.8 Å². The molecule has 9 heteroatoms. The van der Waals surface area contributed by atoms with E-state index in [0.717, 1.165) is 16.2 Å². The first-order chi connectivity index (χ1) is 15.9. The SMILES string of the molecule is CCN(CC)S(=O)(=O)c1ccc(OC)c(C(=O)Nc2ccc(SCc3cccnc3)cc2)c1. The molecule has 3 aromatic rings. The predicted molar refractivity (Wildman–Crippen MR) is 131 cm³/mol. The first kappa shape index (κ1) is 24.8. The third kappa shape index (κ3) is 6.13. The fraction of sp³-hybridized carbons (Fsp3) is 0.250. The van der Waals surface area contributed by atoms with Crippen LogP contribution in [0.15, 0.2) is 76.8 Å². The summed E-state index contributed by atoms with van der Waals surface area (Å²) in [6, 6.07) is 15.7. The number of benzene rings is 2. The normalized spacial score (nSPS) is 11.4. The highest BCUT2D eigenvalue weighted by molar-refractivity contribution is 7.98. The predicted octanol–water partition coefficient (Wildman–Crippen LogP) is 4.67. The van der Waals surface area contributed by atoms with Crippen molar-refractivity contribution < 1.29 is 17.9 Å². The molecule has 1 N–H and O–H groups in total. The van der Waals surface area contributed by atoms with Crippen LogP contribution in [0.2, 0.25) is 0 Å². The number of nitrogens with one attached hydrogen (secondary N) is 1. The molecule has 0 bridgehead atoms. The van der Waals surface area contributed by atoms with Gasteiger partial charge in [-0.3, -0.25) is 9.78 Å². The standard InChI is InChI=1S/C24H27N3O4S2/c1-4-27(5-2)33(29,30)21-12-13-23(31-3)22(15-21)24(28)26-19-8-10-20(11-9-19)32-17-18-7-6-14-25-16-18/h6-16H,4-5,17H2,1-3H3,(H,26,28). The van der Waals surface area contributed by atoms with Gasteiger partial charge in [0.25, 0.3) is 5.91 Å². The van der Waals surface area contributed by atoms with Gasteiger partial charge in [-0.2, -0.15) is 4.31 Å². The van der Waals surface area contributed by atoms with Crippen molar-refractivity contribution >= 4 is 33.4 Å². The van der Waals surface area contributed by atoms with E-state index in [4.69, 9.17) is 4.74 Å². The fourth-order valence-corrected chi connectivity index (χ4v) is 5.54. The van der Waals surface area contributed by atoms with E-state index in [9.17, 15) is 13.2 Å². The first-order valence-corrected chi connectivity index (χ1v) is 12.9. The van der Waals surface area contributed by atoms with Crippen LogP contribution in [0.25, 0.3) is 0 Å². The summed E-state index contributed by atoms with van der Waals surface area (Å²) in [5.74, 6) is 0.652. The van der Waals surface area contributed by atoms with Crippen LogP contribution in [0.3, 0.4) is 0 Å². The fourth-order valence-electron chi connectivity index (χ4n) is 3.22. The zero-order chi connectivity index (χ0) is 23.8. The Morgan fingerprint density at radius 2 is 1.82 bits per heavy atom. The third-order valence-corrected chi connectivity index (χ3v) is 8.13. The molecule has 0 saturated heterocycles. The van der Waals surface area contributed by atoms with Crippen molar-refractivity contribution in [3.05, 3.63) is 78.1 Å². The van der Waals surface area contributed by atoms with Crippen LogP contribution in [-0.2, 0) is 15.8 Å². The van der Waals surface area contributed by atoms with E-state index in [1.165, 1.54) is 29.6 Å². The molecule has 3 rings (SSSR count). The Morgan fingerprint density at radius 3 is 2.42 bits per heavy atom. The van der Waals surface area contributed by atoms with E-state index in [-0.39, 0.29) is 10.5 Å². The van der Waals surface area contributed by atoms with Crippen LogP contribution in [0.4, 0.5) is 5.69 Å². The van der Waals surface area contributed by atoms with Gasteiger partial charge in [0.1, 0.15) is 5.75 Å². The Bertz CT molecular complexity index is 1180. The highest BCUT2D eigenvalue weighted by atomic mass is 32.2. The zero-order valence-electron chi connectivity index (χ0n) is 18.8. The molecule has 1 aromatic heterocycles. The van der Waals surface area contributed by atoms with E-state index in [1.54, 1.807) is 31.8 Å². The summed E-state index contributed by atoms with van der Waals surface area (Å²) in [4.78, 5) is 18.2. The number of ether oxygens (including phenoxy) is 1. The Hall–Kier alpha value is -2.88.